The van der Waals surface area contributed by atoms with Crippen molar-refractivity contribution in [2.45, 2.75) is 70.3 Å². The third-order valence-electron chi connectivity index (χ3n) is 8.38. The van der Waals surface area contributed by atoms with Crippen LogP contribution in [0.15, 0.2) is 90.0 Å². The standard InChI is InChI=1S/C37H44F3N5O3S/c1-5-29(37(3,4)40)14-25(19-41)20-42-21-32(46)30(15-24-10-7-6-8-11-24)44-34(47)27-16-26(33(38)39)17-28(18-27)36(48)45-13-9-12-31(45)35-43-23(2)22-49-35/h5-8,10-11,14,16-19,22,30-33,42,46H,1,9,12-13,15,20-21,41H2,2-4H3,(H,44,47)/b25-19+,29-14+/t30-,31+,32+/m0/s1. The van der Waals surface area contributed by atoms with Crippen molar-refractivity contribution in [3.63, 3.8) is 0 Å². The number of hydrogen-bond donors (Lipinski definition) is 4. The second-order valence-electron chi connectivity index (χ2n) is 12.6. The lowest BCUT2D eigenvalue weighted by molar-refractivity contribution is 0.0734. The molecule has 1 saturated heterocycles. The molecule has 2 aromatic carbocycles. The maximum absolute atomic E-state index is 14.5. The molecule has 1 fully saturated rings. The molecular formula is C37H44F3N5O3S. The summed E-state index contributed by atoms with van der Waals surface area (Å²) in [7, 11) is 0. The number of alkyl halides is 3. The van der Waals surface area contributed by atoms with Crippen LogP contribution in [0.3, 0.4) is 0 Å². The molecule has 12 heteroatoms. The van der Waals surface area contributed by atoms with E-state index in [0.29, 0.717) is 24.1 Å². The van der Waals surface area contributed by atoms with E-state index in [2.05, 4.69) is 22.2 Å². The van der Waals surface area contributed by atoms with Gasteiger partial charge in [-0.25, -0.2) is 18.2 Å². The monoisotopic (exact) mass is 695 g/mol. The number of carbonyl (C=O) groups is 2. The molecule has 0 spiro atoms. The van der Waals surface area contributed by atoms with Crippen LogP contribution in [0.25, 0.3) is 0 Å². The van der Waals surface area contributed by atoms with E-state index in [1.165, 1.54) is 43.5 Å². The summed E-state index contributed by atoms with van der Waals surface area (Å²) in [6, 6.07) is 11.6. The quantitative estimate of drug-likeness (QED) is 0.137. The van der Waals surface area contributed by atoms with Gasteiger partial charge in [-0.2, -0.15) is 0 Å². The molecule has 3 aromatic rings. The van der Waals surface area contributed by atoms with Crippen molar-refractivity contribution >= 4 is 23.2 Å². The smallest absolute Gasteiger partial charge is 0.263 e. The van der Waals surface area contributed by atoms with E-state index in [0.717, 1.165) is 34.8 Å². The number of aromatic nitrogens is 1. The Morgan fingerprint density at radius 3 is 2.53 bits per heavy atom. The van der Waals surface area contributed by atoms with E-state index >= 15 is 0 Å². The van der Waals surface area contributed by atoms with Crippen LogP contribution in [0.5, 0.6) is 0 Å². The van der Waals surface area contributed by atoms with Gasteiger partial charge in [-0.05, 0) is 87.2 Å². The number of aliphatic hydroxyl groups excluding tert-OH is 1. The molecule has 2 heterocycles. The molecule has 0 radical (unpaired) electrons. The lowest BCUT2D eigenvalue weighted by Crippen LogP contribution is -2.49. The number of likely N-dealkylation sites (tertiary alicyclic amines) is 1. The number of halogens is 3. The van der Waals surface area contributed by atoms with Crippen molar-refractivity contribution in [2.24, 2.45) is 5.73 Å². The number of amides is 2. The number of thiazole rings is 1. The van der Waals surface area contributed by atoms with E-state index < -0.39 is 41.6 Å². The zero-order chi connectivity index (χ0) is 35.7. The molecule has 262 valence electrons. The number of aliphatic hydroxyl groups is 1. The normalized spacial score (nSPS) is 16.9. The van der Waals surface area contributed by atoms with Crippen LogP contribution in [-0.4, -0.2) is 64.3 Å². The van der Waals surface area contributed by atoms with Gasteiger partial charge in [0.15, 0.2) is 0 Å². The number of nitrogens with two attached hydrogens (primary N) is 1. The van der Waals surface area contributed by atoms with Gasteiger partial charge < -0.3 is 26.4 Å². The lowest BCUT2D eigenvalue weighted by Gasteiger charge is -2.26. The Bertz CT molecular complexity index is 1670. The molecule has 2 amide bonds. The van der Waals surface area contributed by atoms with Crippen LogP contribution in [0.1, 0.15) is 81.7 Å². The van der Waals surface area contributed by atoms with Crippen LogP contribution in [0.2, 0.25) is 0 Å². The summed E-state index contributed by atoms with van der Waals surface area (Å²) in [6.07, 6.45) is 1.94. The maximum atomic E-state index is 14.5. The first-order valence-electron chi connectivity index (χ1n) is 16.1. The van der Waals surface area contributed by atoms with Gasteiger partial charge in [0.25, 0.3) is 18.2 Å². The highest BCUT2D eigenvalue weighted by molar-refractivity contribution is 7.09. The number of nitrogens with one attached hydrogen (secondary N) is 2. The first-order chi connectivity index (χ1) is 23.3. The predicted molar refractivity (Wildman–Crippen MR) is 187 cm³/mol. The van der Waals surface area contributed by atoms with Crippen molar-refractivity contribution in [1.29, 1.82) is 0 Å². The summed E-state index contributed by atoms with van der Waals surface area (Å²) in [5.41, 5.74) is 6.10. The van der Waals surface area contributed by atoms with Crippen LogP contribution < -0.4 is 16.4 Å². The molecule has 0 bridgehead atoms. The van der Waals surface area contributed by atoms with Crippen molar-refractivity contribution in [3.8, 4) is 0 Å². The maximum Gasteiger partial charge on any atom is 0.263 e. The van der Waals surface area contributed by atoms with Gasteiger partial charge in [-0.15, -0.1) is 11.3 Å². The number of carbonyl (C=O) groups excluding carboxylic acids is 2. The Kier molecular flexibility index (Phi) is 13.0. The minimum Gasteiger partial charge on any atom is -0.404 e. The molecule has 0 unspecified atom stereocenters. The molecule has 5 N–H and O–H groups in total. The summed E-state index contributed by atoms with van der Waals surface area (Å²) >= 11 is 1.45. The first kappa shape index (κ1) is 37.6. The van der Waals surface area contributed by atoms with E-state index in [-0.39, 0.29) is 36.7 Å². The Hall–Kier alpha value is -4.26. The Labute approximate surface area is 289 Å². The minimum absolute atomic E-state index is 0.0127. The Morgan fingerprint density at radius 1 is 1.20 bits per heavy atom. The predicted octanol–water partition coefficient (Wildman–Crippen LogP) is 6.36. The molecule has 8 nitrogen and oxygen atoms in total. The third kappa shape index (κ3) is 10.1. The van der Waals surface area contributed by atoms with E-state index in [4.69, 9.17) is 5.73 Å². The average Bonchev–Trinajstić information content (AvgIpc) is 3.74. The van der Waals surface area contributed by atoms with Gasteiger partial charge in [0.2, 0.25) is 0 Å². The van der Waals surface area contributed by atoms with Crippen LogP contribution in [0.4, 0.5) is 13.2 Å². The fourth-order valence-electron chi connectivity index (χ4n) is 5.73. The lowest BCUT2D eigenvalue weighted by atomic mass is 9.97. The Balaban J connectivity index is 1.54. The number of allylic oxidation sites excluding steroid dienone is 2. The molecule has 1 aliphatic rings. The van der Waals surface area contributed by atoms with Gasteiger partial charge in [0.05, 0.1) is 18.2 Å². The summed E-state index contributed by atoms with van der Waals surface area (Å²) in [5.74, 6) is -1.16. The van der Waals surface area contributed by atoms with Crippen molar-refractivity contribution < 1.29 is 27.9 Å². The van der Waals surface area contributed by atoms with Gasteiger partial charge >= 0.3 is 0 Å². The zero-order valence-corrected chi connectivity index (χ0v) is 28.8. The second-order valence-corrected chi connectivity index (χ2v) is 13.5. The van der Waals surface area contributed by atoms with Gasteiger partial charge in [-0.3, -0.25) is 9.59 Å². The fourth-order valence-corrected chi connectivity index (χ4v) is 6.67. The van der Waals surface area contributed by atoms with Gasteiger partial charge in [0.1, 0.15) is 10.7 Å². The summed E-state index contributed by atoms with van der Waals surface area (Å²) < 4.78 is 42.7. The first-order valence-corrected chi connectivity index (χ1v) is 17.0. The number of rotatable bonds is 15. The number of hydrogen-bond acceptors (Lipinski definition) is 7. The SMILES string of the molecule is C=C/C(=C\C(=C/N)CNC[C@@H](O)[C@H](Cc1ccccc1)NC(=O)c1cc(C(=O)N2CCC[C@@H]2c2nc(C)cs2)cc(C(F)F)c1)C(C)(C)F. The van der Waals surface area contributed by atoms with Gasteiger partial charge in [0, 0.05) is 47.4 Å². The number of nitrogens with zero attached hydrogens (tertiary/aromatic N) is 2. The largest absolute Gasteiger partial charge is 0.404 e. The third-order valence-corrected chi connectivity index (χ3v) is 9.44. The van der Waals surface area contributed by atoms with E-state index in [1.54, 1.807) is 11.0 Å². The topological polar surface area (TPSA) is 121 Å². The molecule has 1 aliphatic heterocycles. The molecule has 0 saturated carbocycles. The number of aryl methyl sites for hydroxylation is 1. The zero-order valence-electron chi connectivity index (χ0n) is 28.0. The summed E-state index contributed by atoms with van der Waals surface area (Å²) in [6.45, 7) is 8.99. The summed E-state index contributed by atoms with van der Waals surface area (Å²) in [5, 5.41) is 19.9. The molecule has 0 aliphatic carbocycles. The molecule has 4 rings (SSSR count). The van der Waals surface area contributed by atoms with E-state index in [9.17, 15) is 27.9 Å². The molecule has 49 heavy (non-hydrogen) atoms. The average molecular weight is 696 g/mol. The highest BCUT2D eigenvalue weighted by atomic mass is 32.1. The second kappa shape index (κ2) is 16.9. The summed E-state index contributed by atoms with van der Waals surface area (Å²) in [4.78, 5) is 33.6. The minimum atomic E-state index is -2.92. The molecule has 1 aromatic heterocycles. The highest BCUT2D eigenvalue weighted by Gasteiger charge is 2.33. The molecule has 3 atom stereocenters. The Morgan fingerprint density at radius 2 is 1.92 bits per heavy atom. The van der Waals surface area contributed by atoms with Crippen LogP contribution >= 0.6 is 11.3 Å². The fraction of sp³-hybridized carbons (Fsp3) is 0.378. The van der Waals surface area contributed by atoms with Crippen molar-refractivity contribution in [3.05, 3.63) is 123 Å². The van der Waals surface area contributed by atoms with Crippen molar-refractivity contribution in [2.75, 3.05) is 19.6 Å². The van der Waals surface area contributed by atoms with Crippen molar-refractivity contribution in [1.82, 2.24) is 20.5 Å². The van der Waals surface area contributed by atoms with Gasteiger partial charge in [-0.1, -0.05) is 43.0 Å². The van der Waals surface area contributed by atoms with E-state index in [1.807, 2.05) is 42.6 Å². The van der Waals surface area contributed by atoms with Crippen LogP contribution in [0, 0.1) is 6.92 Å². The highest BCUT2D eigenvalue weighted by Crippen LogP contribution is 2.35. The molecular weight excluding hydrogens is 652 g/mol. The number of benzene rings is 2. The van der Waals surface area contributed by atoms with Crippen LogP contribution in [-0.2, 0) is 6.42 Å².